The molecular weight excluding hydrogens is 182 g/mol. The summed E-state index contributed by atoms with van der Waals surface area (Å²) in [6, 6.07) is -1.07. The zero-order chi connectivity index (χ0) is 9.94. The van der Waals surface area contributed by atoms with Gasteiger partial charge in [0.2, 0.25) is 10.0 Å². The molecule has 0 unspecified atom stereocenters. The van der Waals surface area contributed by atoms with Crippen LogP contribution in [0.2, 0.25) is 0 Å². The van der Waals surface area contributed by atoms with Gasteiger partial charge in [-0.2, -0.15) is 0 Å². The lowest BCUT2D eigenvalue weighted by molar-refractivity contribution is -0.138. The number of sulfonamides is 1. The van der Waals surface area contributed by atoms with Gasteiger partial charge in [0, 0.05) is 0 Å². The van der Waals surface area contributed by atoms with Crippen LogP contribution in [0.3, 0.4) is 0 Å². The first-order valence-corrected chi connectivity index (χ1v) is 5.06. The fraction of sp³-hybridized carbons (Fsp3) is 0.833. The molecule has 0 saturated heterocycles. The number of nitrogens with one attached hydrogen (secondary N) is 1. The highest BCUT2D eigenvalue weighted by Gasteiger charge is 2.21. The van der Waals surface area contributed by atoms with Crippen LogP contribution in [0, 0.1) is 0 Å². The van der Waals surface area contributed by atoms with Gasteiger partial charge in [0.05, 0.1) is 5.25 Å². The van der Waals surface area contributed by atoms with E-state index in [0.717, 1.165) is 0 Å². The van der Waals surface area contributed by atoms with Gasteiger partial charge >= 0.3 is 5.97 Å². The summed E-state index contributed by atoms with van der Waals surface area (Å²) in [4.78, 5) is 10.3. The molecule has 0 bridgehead atoms. The molecule has 0 aliphatic heterocycles. The molecule has 0 aromatic carbocycles. The number of rotatable bonds is 4. The van der Waals surface area contributed by atoms with Crippen molar-refractivity contribution in [1.82, 2.24) is 4.72 Å². The molecule has 5 nitrogen and oxygen atoms in total. The molecule has 0 heterocycles. The van der Waals surface area contributed by atoms with Gasteiger partial charge in [0.1, 0.15) is 6.04 Å². The molecule has 0 aliphatic carbocycles. The van der Waals surface area contributed by atoms with Gasteiger partial charge in [-0.05, 0) is 20.8 Å². The molecule has 0 amide bonds. The fourth-order valence-electron chi connectivity index (χ4n) is 0.433. The lowest BCUT2D eigenvalue weighted by Gasteiger charge is -2.12. The maximum Gasteiger partial charge on any atom is 0.321 e. The fourth-order valence-corrected chi connectivity index (χ4v) is 1.30. The smallest absolute Gasteiger partial charge is 0.321 e. The van der Waals surface area contributed by atoms with Gasteiger partial charge in [0.25, 0.3) is 0 Å². The summed E-state index contributed by atoms with van der Waals surface area (Å²) in [5.74, 6) is -1.18. The first-order chi connectivity index (χ1) is 5.27. The topological polar surface area (TPSA) is 83.5 Å². The monoisotopic (exact) mass is 195 g/mol. The first kappa shape index (κ1) is 11.4. The van der Waals surface area contributed by atoms with E-state index in [2.05, 4.69) is 0 Å². The highest BCUT2D eigenvalue weighted by Crippen LogP contribution is 1.97. The van der Waals surface area contributed by atoms with E-state index in [9.17, 15) is 13.2 Å². The van der Waals surface area contributed by atoms with Crippen LogP contribution in [0.1, 0.15) is 20.8 Å². The molecular formula is C6H13NO4S. The lowest BCUT2D eigenvalue weighted by Crippen LogP contribution is -2.41. The Labute approximate surface area is 71.8 Å². The Morgan fingerprint density at radius 3 is 2.00 bits per heavy atom. The quantitative estimate of drug-likeness (QED) is 0.650. The van der Waals surface area contributed by atoms with E-state index >= 15 is 0 Å². The van der Waals surface area contributed by atoms with E-state index in [-0.39, 0.29) is 0 Å². The molecule has 1 atom stereocenters. The van der Waals surface area contributed by atoms with E-state index < -0.39 is 27.3 Å². The van der Waals surface area contributed by atoms with Gasteiger partial charge in [-0.3, -0.25) is 4.79 Å². The minimum absolute atomic E-state index is 0.612. The third kappa shape index (κ3) is 3.19. The van der Waals surface area contributed by atoms with Gasteiger partial charge in [-0.1, -0.05) is 0 Å². The van der Waals surface area contributed by atoms with Crippen molar-refractivity contribution in [2.24, 2.45) is 0 Å². The summed E-state index contributed by atoms with van der Waals surface area (Å²) < 4.78 is 24.2. The molecule has 2 N–H and O–H groups in total. The van der Waals surface area contributed by atoms with Crippen LogP contribution >= 0.6 is 0 Å². The molecule has 0 spiro atoms. The molecule has 0 rings (SSSR count). The predicted octanol–water partition coefficient (Wildman–Crippen LogP) is -0.213. The zero-order valence-electron chi connectivity index (χ0n) is 7.23. The average molecular weight is 195 g/mol. The molecule has 0 saturated carbocycles. The van der Waals surface area contributed by atoms with Crippen molar-refractivity contribution >= 4 is 16.0 Å². The third-order valence-corrected chi connectivity index (χ3v) is 3.26. The van der Waals surface area contributed by atoms with Crippen LogP contribution in [0.25, 0.3) is 0 Å². The predicted molar refractivity (Wildman–Crippen MR) is 44.3 cm³/mol. The summed E-state index contributed by atoms with van der Waals surface area (Å²) in [5.41, 5.74) is 0. The van der Waals surface area contributed by atoms with Gasteiger partial charge in [-0.15, -0.1) is 0 Å². The first-order valence-electron chi connectivity index (χ1n) is 3.51. The van der Waals surface area contributed by atoms with Gasteiger partial charge < -0.3 is 5.11 Å². The van der Waals surface area contributed by atoms with E-state index in [1.54, 1.807) is 0 Å². The van der Waals surface area contributed by atoms with Crippen LogP contribution < -0.4 is 4.72 Å². The molecule has 6 heteroatoms. The van der Waals surface area contributed by atoms with E-state index in [0.29, 0.717) is 0 Å². The van der Waals surface area contributed by atoms with Crippen molar-refractivity contribution < 1.29 is 18.3 Å². The van der Waals surface area contributed by atoms with Gasteiger partial charge in [0.15, 0.2) is 0 Å². The van der Waals surface area contributed by atoms with Crippen molar-refractivity contribution in [2.75, 3.05) is 0 Å². The standard InChI is InChI=1S/C6H13NO4S/c1-4(2)12(10,11)7-5(3)6(8)9/h4-5,7H,1-3H3,(H,8,9)/t5-/m0/s1. The number of aliphatic carboxylic acids is 1. The number of carboxylic acids is 1. The summed E-state index contributed by atoms with van der Waals surface area (Å²) >= 11 is 0. The Morgan fingerprint density at radius 2 is 1.75 bits per heavy atom. The molecule has 0 aromatic heterocycles. The molecule has 0 aliphatic rings. The summed E-state index contributed by atoms with van der Waals surface area (Å²) in [5, 5.41) is 7.79. The molecule has 0 radical (unpaired) electrons. The number of hydrogen-bond donors (Lipinski definition) is 2. The SMILES string of the molecule is CC(C)S(=O)(=O)N[C@@H](C)C(=O)O. The second-order valence-electron chi connectivity index (χ2n) is 2.77. The maximum absolute atomic E-state index is 11.1. The molecule has 12 heavy (non-hydrogen) atoms. The zero-order valence-corrected chi connectivity index (χ0v) is 8.05. The van der Waals surface area contributed by atoms with E-state index in [1.165, 1.54) is 20.8 Å². The summed E-state index contributed by atoms with van der Waals surface area (Å²) in [6.45, 7) is 4.25. The van der Waals surface area contributed by atoms with Crippen molar-refractivity contribution in [2.45, 2.75) is 32.1 Å². The summed E-state index contributed by atoms with van der Waals surface area (Å²) in [6.07, 6.45) is 0. The van der Waals surface area contributed by atoms with Crippen molar-refractivity contribution in [1.29, 1.82) is 0 Å². The van der Waals surface area contributed by atoms with Crippen molar-refractivity contribution in [3.8, 4) is 0 Å². The average Bonchev–Trinajstić information content (AvgIpc) is 1.85. The van der Waals surface area contributed by atoms with Gasteiger partial charge in [-0.25, -0.2) is 13.1 Å². The Hall–Kier alpha value is -0.620. The van der Waals surface area contributed by atoms with Crippen molar-refractivity contribution in [3.63, 3.8) is 0 Å². The Kier molecular flexibility index (Phi) is 3.66. The Balaban J connectivity index is 4.37. The second-order valence-corrected chi connectivity index (χ2v) is 5.04. The minimum atomic E-state index is -3.47. The molecule has 72 valence electrons. The highest BCUT2D eigenvalue weighted by molar-refractivity contribution is 7.90. The Morgan fingerprint density at radius 1 is 1.33 bits per heavy atom. The third-order valence-electron chi connectivity index (χ3n) is 1.33. The van der Waals surface area contributed by atoms with Crippen LogP contribution in [0.5, 0.6) is 0 Å². The number of hydrogen-bond acceptors (Lipinski definition) is 3. The highest BCUT2D eigenvalue weighted by atomic mass is 32.2. The largest absolute Gasteiger partial charge is 0.480 e. The van der Waals surface area contributed by atoms with Crippen LogP contribution in [-0.4, -0.2) is 30.8 Å². The molecule has 0 aromatic rings. The van der Waals surface area contributed by atoms with E-state index in [4.69, 9.17) is 5.11 Å². The van der Waals surface area contributed by atoms with E-state index in [1.807, 2.05) is 4.72 Å². The Bertz CT molecular complexity index is 257. The number of carbonyl (C=O) groups is 1. The maximum atomic E-state index is 11.1. The van der Waals surface area contributed by atoms with Crippen LogP contribution in [-0.2, 0) is 14.8 Å². The normalized spacial score (nSPS) is 14.7. The van der Waals surface area contributed by atoms with Crippen LogP contribution in [0.4, 0.5) is 0 Å². The minimum Gasteiger partial charge on any atom is -0.480 e. The van der Waals surface area contributed by atoms with Crippen molar-refractivity contribution in [3.05, 3.63) is 0 Å². The summed E-state index contributed by atoms with van der Waals surface area (Å²) in [7, 11) is -3.47. The van der Waals surface area contributed by atoms with Crippen LogP contribution in [0.15, 0.2) is 0 Å². The molecule has 0 fully saturated rings. The lowest BCUT2D eigenvalue weighted by atomic mass is 10.4. The number of carboxylic acid groups (broad SMARTS) is 1. The second kappa shape index (κ2) is 3.86.